The fraction of sp³-hybridized carbons (Fsp3) is 0.500. The fourth-order valence-corrected chi connectivity index (χ4v) is 3.72. The predicted molar refractivity (Wildman–Crippen MR) is 68.6 cm³/mol. The Bertz CT molecular complexity index is 353. The maximum absolute atomic E-state index is 6.06. The first-order valence-corrected chi connectivity index (χ1v) is 6.76. The van der Waals surface area contributed by atoms with Crippen LogP contribution < -0.4 is 5.32 Å². The van der Waals surface area contributed by atoms with E-state index in [2.05, 4.69) is 24.4 Å². The molecule has 1 aromatic carbocycles. The van der Waals surface area contributed by atoms with Crippen molar-refractivity contribution in [3.63, 3.8) is 0 Å². The number of hydrogen-bond donors (Lipinski definition) is 1. The van der Waals surface area contributed by atoms with Crippen LogP contribution in [0.2, 0.25) is 5.02 Å². The van der Waals surface area contributed by atoms with Crippen molar-refractivity contribution in [1.82, 2.24) is 5.32 Å². The van der Waals surface area contributed by atoms with Crippen molar-refractivity contribution in [1.29, 1.82) is 0 Å². The summed E-state index contributed by atoms with van der Waals surface area (Å²) in [4.78, 5) is 0. The van der Waals surface area contributed by atoms with Crippen LogP contribution in [0.5, 0.6) is 0 Å². The minimum Gasteiger partial charge on any atom is -0.312 e. The summed E-state index contributed by atoms with van der Waals surface area (Å²) in [6.07, 6.45) is 1.20. The third-order valence-electron chi connectivity index (χ3n) is 2.98. The molecule has 82 valence electrons. The van der Waals surface area contributed by atoms with E-state index in [-0.39, 0.29) is 0 Å². The van der Waals surface area contributed by atoms with Gasteiger partial charge in [0.15, 0.2) is 0 Å². The molecule has 2 unspecified atom stereocenters. The van der Waals surface area contributed by atoms with Crippen LogP contribution in [0.15, 0.2) is 18.2 Å². The van der Waals surface area contributed by atoms with Gasteiger partial charge >= 0.3 is 0 Å². The number of hydrogen-bond acceptors (Lipinski definition) is 2. The summed E-state index contributed by atoms with van der Waals surface area (Å²) in [6, 6.07) is 6.70. The third-order valence-corrected chi connectivity index (χ3v) is 4.73. The zero-order chi connectivity index (χ0) is 10.8. The van der Waals surface area contributed by atoms with Crippen LogP contribution in [0.4, 0.5) is 0 Å². The van der Waals surface area contributed by atoms with Crippen LogP contribution in [-0.2, 0) is 5.75 Å². The first kappa shape index (κ1) is 11.3. The van der Waals surface area contributed by atoms with Gasteiger partial charge in [-0.05, 0) is 36.7 Å². The second kappa shape index (κ2) is 4.77. The number of benzene rings is 1. The van der Waals surface area contributed by atoms with Gasteiger partial charge in [-0.3, -0.25) is 0 Å². The normalized spacial score (nSPS) is 25.0. The summed E-state index contributed by atoms with van der Waals surface area (Å²) in [5.41, 5.74) is 2.81. The molecular weight excluding hydrogens is 226 g/mol. The van der Waals surface area contributed by atoms with E-state index in [9.17, 15) is 0 Å². The van der Waals surface area contributed by atoms with Gasteiger partial charge in [0.25, 0.3) is 0 Å². The van der Waals surface area contributed by atoms with E-state index in [1.165, 1.54) is 17.5 Å². The van der Waals surface area contributed by atoms with Gasteiger partial charge < -0.3 is 5.32 Å². The smallest absolute Gasteiger partial charge is 0.0441 e. The summed E-state index contributed by atoms with van der Waals surface area (Å²) in [5.74, 6) is 1.11. The lowest BCUT2D eigenvalue weighted by Crippen LogP contribution is -2.30. The Labute approximate surface area is 101 Å². The highest BCUT2D eigenvalue weighted by molar-refractivity contribution is 7.99. The molecule has 0 aliphatic carbocycles. The lowest BCUT2D eigenvalue weighted by atomic mass is 9.97. The van der Waals surface area contributed by atoms with Crippen molar-refractivity contribution < 1.29 is 0 Å². The molecule has 0 bridgehead atoms. The quantitative estimate of drug-likeness (QED) is 0.849. The van der Waals surface area contributed by atoms with Crippen molar-refractivity contribution in [3.05, 3.63) is 34.3 Å². The molecule has 0 spiro atoms. The van der Waals surface area contributed by atoms with E-state index < -0.39 is 0 Å². The highest BCUT2D eigenvalue weighted by Gasteiger charge is 2.27. The summed E-state index contributed by atoms with van der Waals surface area (Å²) in [7, 11) is 2.03. The molecule has 0 aromatic heterocycles. The van der Waals surface area contributed by atoms with Crippen LogP contribution in [0.25, 0.3) is 0 Å². The number of thioether (sulfide) groups is 1. The zero-order valence-corrected chi connectivity index (χ0v) is 10.7. The minimum atomic E-state index is 0.447. The molecule has 0 saturated carbocycles. The lowest BCUT2D eigenvalue weighted by molar-refractivity contribution is 0.546. The minimum absolute atomic E-state index is 0.447. The molecule has 1 nitrogen and oxygen atoms in total. The molecule has 0 fully saturated rings. The van der Waals surface area contributed by atoms with Crippen molar-refractivity contribution in [2.24, 2.45) is 0 Å². The molecule has 0 radical (unpaired) electrons. The summed E-state index contributed by atoms with van der Waals surface area (Å²) in [5, 5.41) is 4.92. The van der Waals surface area contributed by atoms with E-state index >= 15 is 0 Å². The molecule has 1 heterocycles. The maximum Gasteiger partial charge on any atom is 0.0441 e. The molecule has 1 aliphatic rings. The molecule has 2 atom stereocenters. The second-order valence-electron chi connectivity index (χ2n) is 3.87. The lowest BCUT2D eigenvalue weighted by Gasteiger charge is -2.32. The third kappa shape index (κ3) is 2.17. The highest BCUT2D eigenvalue weighted by Crippen LogP contribution is 2.39. The number of rotatable bonds is 2. The van der Waals surface area contributed by atoms with E-state index in [1.807, 2.05) is 24.9 Å². The Morgan fingerprint density at radius 1 is 1.53 bits per heavy atom. The van der Waals surface area contributed by atoms with Crippen LogP contribution in [0.1, 0.15) is 30.5 Å². The van der Waals surface area contributed by atoms with Gasteiger partial charge in [0, 0.05) is 22.1 Å². The summed E-state index contributed by atoms with van der Waals surface area (Å²) < 4.78 is 0. The standard InChI is InChI=1S/C12H16ClNS/c1-3-11-12(14-2)10-6-9(13)5-4-8(10)7-15-11/h4-6,11-12,14H,3,7H2,1-2H3. The largest absolute Gasteiger partial charge is 0.312 e. The van der Waals surface area contributed by atoms with E-state index in [4.69, 9.17) is 11.6 Å². The molecule has 2 rings (SSSR count). The van der Waals surface area contributed by atoms with E-state index in [1.54, 1.807) is 0 Å². The van der Waals surface area contributed by atoms with Gasteiger partial charge in [0.2, 0.25) is 0 Å². The van der Waals surface area contributed by atoms with Gasteiger partial charge in [-0.25, -0.2) is 0 Å². The molecular formula is C12H16ClNS. The molecule has 1 N–H and O–H groups in total. The molecule has 3 heteroatoms. The van der Waals surface area contributed by atoms with Crippen molar-refractivity contribution in [3.8, 4) is 0 Å². The summed E-state index contributed by atoms with van der Waals surface area (Å²) >= 11 is 8.09. The monoisotopic (exact) mass is 241 g/mol. The average Bonchev–Trinajstić information content (AvgIpc) is 2.27. The Balaban J connectivity index is 2.39. The van der Waals surface area contributed by atoms with Crippen LogP contribution in [0.3, 0.4) is 0 Å². The number of nitrogens with one attached hydrogen (secondary N) is 1. The van der Waals surface area contributed by atoms with Crippen molar-refractivity contribution >= 4 is 23.4 Å². The van der Waals surface area contributed by atoms with E-state index in [0.29, 0.717) is 11.3 Å². The van der Waals surface area contributed by atoms with Crippen molar-refractivity contribution in [2.45, 2.75) is 30.4 Å². The van der Waals surface area contributed by atoms with Crippen LogP contribution in [-0.4, -0.2) is 12.3 Å². The Morgan fingerprint density at radius 2 is 2.33 bits per heavy atom. The van der Waals surface area contributed by atoms with Gasteiger partial charge in [-0.15, -0.1) is 0 Å². The second-order valence-corrected chi connectivity index (χ2v) is 5.53. The Morgan fingerprint density at radius 3 is 3.00 bits per heavy atom. The van der Waals surface area contributed by atoms with Crippen LogP contribution >= 0.6 is 23.4 Å². The Hall–Kier alpha value is -0.180. The number of fused-ring (bicyclic) bond motifs is 1. The molecule has 0 saturated heterocycles. The molecule has 1 aliphatic heterocycles. The maximum atomic E-state index is 6.06. The van der Waals surface area contributed by atoms with E-state index in [0.717, 1.165) is 10.8 Å². The highest BCUT2D eigenvalue weighted by atomic mass is 35.5. The van der Waals surface area contributed by atoms with Gasteiger partial charge in [0.1, 0.15) is 0 Å². The SMILES string of the molecule is CCC1SCc2ccc(Cl)cc2C1NC. The molecule has 15 heavy (non-hydrogen) atoms. The van der Waals surface area contributed by atoms with Crippen LogP contribution in [0, 0.1) is 0 Å². The van der Waals surface area contributed by atoms with Gasteiger partial charge in [-0.2, -0.15) is 11.8 Å². The van der Waals surface area contributed by atoms with Gasteiger partial charge in [0.05, 0.1) is 0 Å². The first-order valence-electron chi connectivity index (χ1n) is 5.33. The zero-order valence-electron chi connectivity index (χ0n) is 9.09. The topological polar surface area (TPSA) is 12.0 Å². The number of halogens is 1. The fourth-order valence-electron chi connectivity index (χ4n) is 2.18. The van der Waals surface area contributed by atoms with Crippen molar-refractivity contribution in [2.75, 3.05) is 7.05 Å². The predicted octanol–water partition coefficient (Wildman–Crippen LogP) is 3.63. The summed E-state index contributed by atoms with van der Waals surface area (Å²) in [6.45, 7) is 2.25. The molecule has 1 aromatic rings. The molecule has 0 amide bonds. The first-order chi connectivity index (χ1) is 7.26. The van der Waals surface area contributed by atoms with Gasteiger partial charge in [-0.1, -0.05) is 24.6 Å². The average molecular weight is 242 g/mol. The Kier molecular flexibility index (Phi) is 3.60.